The summed E-state index contributed by atoms with van der Waals surface area (Å²) >= 11 is 0. The molecule has 2 rings (SSSR count). The van der Waals surface area contributed by atoms with Crippen molar-refractivity contribution in [3.05, 3.63) is 59.2 Å². The van der Waals surface area contributed by atoms with E-state index in [-0.39, 0.29) is 17.7 Å². The van der Waals surface area contributed by atoms with Crippen molar-refractivity contribution in [2.75, 3.05) is 20.8 Å². The van der Waals surface area contributed by atoms with Gasteiger partial charge in [-0.05, 0) is 24.3 Å². The van der Waals surface area contributed by atoms with Crippen LogP contribution < -0.4 is 14.8 Å². The maximum absolute atomic E-state index is 13.5. The van der Waals surface area contributed by atoms with Crippen molar-refractivity contribution in [1.29, 1.82) is 0 Å². The first-order chi connectivity index (χ1) is 12.4. The Morgan fingerprint density at radius 2 is 1.73 bits per heavy atom. The highest BCUT2D eigenvalue weighted by molar-refractivity contribution is 5.92. The third-order valence-electron chi connectivity index (χ3n) is 3.44. The Morgan fingerprint density at radius 1 is 1.00 bits per heavy atom. The predicted molar refractivity (Wildman–Crippen MR) is 88.0 cm³/mol. The largest absolute Gasteiger partial charge is 0.493 e. The van der Waals surface area contributed by atoms with E-state index in [1.165, 1.54) is 38.5 Å². The lowest BCUT2D eigenvalue weighted by Gasteiger charge is -2.10. The monoisotopic (exact) mass is 365 g/mol. The van der Waals surface area contributed by atoms with Gasteiger partial charge in [0.2, 0.25) is 0 Å². The van der Waals surface area contributed by atoms with E-state index in [0.29, 0.717) is 11.5 Å². The van der Waals surface area contributed by atoms with Crippen molar-refractivity contribution in [3.8, 4) is 11.5 Å². The molecule has 2 aromatic carbocycles. The summed E-state index contributed by atoms with van der Waals surface area (Å²) in [4.78, 5) is 23.7. The lowest BCUT2D eigenvalue weighted by molar-refractivity contribution is -0.124. The van der Waals surface area contributed by atoms with Gasteiger partial charge in [0.15, 0.2) is 18.1 Å². The molecule has 0 saturated carbocycles. The molecule has 1 amide bonds. The first-order valence-corrected chi connectivity index (χ1v) is 7.54. The Morgan fingerprint density at radius 3 is 2.38 bits per heavy atom. The minimum Gasteiger partial charge on any atom is -0.493 e. The van der Waals surface area contributed by atoms with Gasteiger partial charge in [-0.25, -0.2) is 13.6 Å². The molecule has 0 unspecified atom stereocenters. The highest BCUT2D eigenvalue weighted by Gasteiger charge is 2.14. The van der Waals surface area contributed by atoms with E-state index < -0.39 is 30.1 Å². The fraction of sp³-hybridized carbons (Fsp3) is 0.222. The number of esters is 1. The highest BCUT2D eigenvalue weighted by Crippen LogP contribution is 2.27. The summed E-state index contributed by atoms with van der Waals surface area (Å²) in [7, 11) is 2.89. The topological polar surface area (TPSA) is 73.9 Å². The molecular weight excluding hydrogens is 348 g/mol. The molecule has 0 aliphatic rings. The normalized spacial score (nSPS) is 10.2. The first kappa shape index (κ1) is 19.2. The predicted octanol–water partition coefficient (Wildman–Crippen LogP) is 2.46. The quantitative estimate of drug-likeness (QED) is 0.763. The van der Waals surface area contributed by atoms with Crippen molar-refractivity contribution >= 4 is 11.9 Å². The van der Waals surface area contributed by atoms with Gasteiger partial charge in [0.1, 0.15) is 11.6 Å². The number of amides is 1. The van der Waals surface area contributed by atoms with E-state index in [4.69, 9.17) is 14.2 Å². The van der Waals surface area contributed by atoms with Gasteiger partial charge in [-0.3, -0.25) is 4.79 Å². The van der Waals surface area contributed by atoms with E-state index in [0.717, 1.165) is 12.1 Å². The van der Waals surface area contributed by atoms with Gasteiger partial charge in [-0.1, -0.05) is 6.07 Å². The van der Waals surface area contributed by atoms with Crippen LogP contribution in [0.15, 0.2) is 36.4 Å². The molecule has 0 heterocycles. The fourth-order valence-corrected chi connectivity index (χ4v) is 2.09. The molecule has 2 aromatic rings. The number of halogens is 2. The molecule has 6 nitrogen and oxygen atoms in total. The van der Waals surface area contributed by atoms with Crippen molar-refractivity contribution in [3.63, 3.8) is 0 Å². The number of benzene rings is 2. The first-order valence-electron chi connectivity index (χ1n) is 7.54. The molecule has 1 N–H and O–H groups in total. The molecule has 0 spiro atoms. The Labute approximate surface area is 148 Å². The molecule has 0 bridgehead atoms. The van der Waals surface area contributed by atoms with Crippen LogP contribution in [0.5, 0.6) is 11.5 Å². The summed E-state index contributed by atoms with van der Waals surface area (Å²) in [5.41, 5.74) is 0.297. The third kappa shape index (κ3) is 4.92. The van der Waals surface area contributed by atoms with Gasteiger partial charge < -0.3 is 19.5 Å². The van der Waals surface area contributed by atoms with Crippen LogP contribution in [0.1, 0.15) is 15.9 Å². The second-order valence-corrected chi connectivity index (χ2v) is 5.16. The van der Waals surface area contributed by atoms with Crippen LogP contribution in [0, 0.1) is 11.6 Å². The second kappa shape index (κ2) is 8.80. The standard InChI is InChI=1S/C18H17F2NO5/c1-24-15-6-4-11(7-16(15)25-2)18(23)26-10-17(22)21-9-12-3-5-13(19)8-14(12)20/h3-8H,9-10H2,1-2H3,(H,21,22). The zero-order valence-corrected chi connectivity index (χ0v) is 14.2. The van der Waals surface area contributed by atoms with Crippen molar-refractivity contribution in [1.82, 2.24) is 5.32 Å². The van der Waals surface area contributed by atoms with E-state index in [1.807, 2.05) is 0 Å². The van der Waals surface area contributed by atoms with E-state index in [1.54, 1.807) is 0 Å². The molecule has 0 aliphatic heterocycles. The number of carbonyl (C=O) groups excluding carboxylic acids is 2. The lowest BCUT2D eigenvalue weighted by atomic mass is 10.2. The average Bonchev–Trinajstić information content (AvgIpc) is 2.64. The van der Waals surface area contributed by atoms with Crippen LogP contribution in [0.3, 0.4) is 0 Å². The number of hydrogen-bond acceptors (Lipinski definition) is 5. The zero-order valence-electron chi connectivity index (χ0n) is 14.2. The smallest absolute Gasteiger partial charge is 0.338 e. The summed E-state index contributed by atoms with van der Waals surface area (Å²) in [6.07, 6.45) is 0. The Balaban J connectivity index is 1.87. The fourth-order valence-electron chi connectivity index (χ4n) is 2.09. The van der Waals surface area contributed by atoms with E-state index in [2.05, 4.69) is 5.32 Å². The highest BCUT2D eigenvalue weighted by atomic mass is 19.1. The molecule has 0 aromatic heterocycles. The van der Waals surface area contributed by atoms with Crippen LogP contribution in [-0.4, -0.2) is 32.7 Å². The number of hydrogen-bond donors (Lipinski definition) is 1. The maximum Gasteiger partial charge on any atom is 0.338 e. The molecule has 0 atom stereocenters. The second-order valence-electron chi connectivity index (χ2n) is 5.16. The van der Waals surface area contributed by atoms with Crippen molar-refractivity contribution in [2.24, 2.45) is 0 Å². The van der Waals surface area contributed by atoms with Crippen molar-refractivity contribution < 1.29 is 32.6 Å². The van der Waals surface area contributed by atoms with Crippen LogP contribution in [-0.2, 0) is 16.1 Å². The number of carbonyl (C=O) groups is 2. The van der Waals surface area contributed by atoms with Crippen LogP contribution in [0.4, 0.5) is 8.78 Å². The van der Waals surface area contributed by atoms with Gasteiger partial charge in [-0.15, -0.1) is 0 Å². The summed E-state index contributed by atoms with van der Waals surface area (Å²) in [6, 6.07) is 7.45. The lowest BCUT2D eigenvalue weighted by Crippen LogP contribution is -2.28. The van der Waals surface area contributed by atoms with Gasteiger partial charge in [0.05, 0.1) is 19.8 Å². The zero-order chi connectivity index (χ0) is 19.1. The Kier molecular flexibility index (Phi) is 6.48. The van der Waals surface area contributed by atoms with Crippen molar-refractivity contribution in [2.45, 2.75) is 6.54 Å². The summed E-state index contributed by atoms with van der Waals surface area (Å²) in [6.45, 7) is -0.700. The Hall–Kier alpha value is -3.16. The number of methoxy groups -OCH3 is 2. The average molecular weight is 365 g/mol. The summed E-state index contributed by atoms with van der Waals surface area (Å²) < 4.78 is 41.3. The van der Waals surface area contributed by atoms with Crippen LogP contribution in [0.2, 0.25) is 0 Å². The number of ether oxygens (including phenoxy) is 3. The SMILES string of the molecule is COc1ccc(C(=O)OCC(=O)NCc2ccc(F)cc2F)cc1OC. The molecule has 26 heavy (non-hydrogen) atoms. The van der Waals surface area contributed by atoms with Gasteiger partial charge >= 0.3 is 5.97 Å². The molecule has 0 radical (unpaired) electrons. The van der Waals surface area contributed by atoms with Gasteiger partial charge in [-0.2, -0.15) is 0 Å². The molecular formula is C18H17F2NO5. The number of nitrogens with one attached hydrogen (secondary N) is 1. The molecule has 138 valence electrons. The molecule has 0 fully saturated rings. The van der Waals surface area contributed by atoms with E-state index >= 15 is 0 Å². The summed E-state index contributed by atoms with van der Waals surface area (Å²) in [5.74, 6) is -2.04. The minimum atomic E-state index is -0.771. The molecule has 0 saturated heterocycles. The third-order valence-corrected chi connectivity index (χ3v) is 3.44. The Bertz CT molecular complexity index is 810. The molecule has 8 heteroatoms. The van der Waals surface area contributed by atoms with Crippen LogP contribution >= 0.6 is 0 Å². The number of rotatable bonds is 7. The van der Waals surface area contributed by atoms with Crippen LogP contribution in [0.25, 0.3) is 0 Å². The minimum absolute atomic E-state index is 0.117. The van der Waals surface area contributed by atoms with E-state index in [9.17, 15) is 18.4 Å². The van der Waals surface area contributed by atoms with Gasteiger partial charge in [0.25, 0.3) is 5.91 Å². The van der Waals surface area contributed by atoms with Gasteiger partial charge in [0, 0.05) is 18.2 Å². The maximum atomic E-state index is 13.5. The molecule has 0 aliphatic carbocycles. The summed E-state index contributed by atoms with van der Waals surface area (Å²) in [5, 5.41) is 2.38.